The van der Waals surface area contributed by atoms with E-state index in [1.54, 1.807) is 0 Å². The Kier molecular flexibility index (Phi) is 4.10. The minimum absolute atomic E-state index is 0.462. The highest BCUT2D eigenvalue weighted by Gasteiger charge is 2.28. The van der Waals surface area contributed by atoms with Crippen molar-refractivity contribution in [3.8, 4) is 0 Å². The van der Waals surface area contributed by atoms with Gasteiger partial charge in [0.1, 0.15) is 0 Å². The molecule has 0 radical (unpaired) electrons. The molecule has 1 heterocycles. The molecule has 0 bridgehead atoms. The van der Waals surface area contributed by atoms with Gasteiger partial charge in [0.05, 0.1) is 0 Å². The average molecular weight is 264 g/mol. The van der Waals surface area contributed by atoms with Crippen molar-refractivity contribution in [2.24, 2.45) is 5.41 Å². The van der Waals surface area contributed by atoms with Gasteiger partial charge in [0.2, 0.25) is 0 Å². The van der Waals surface area contributed by atoms with Crippen molar-refractivity contribution in [3.05, 3.63) is 24.3 Å². The van der Waals surface area contributed by atoms with Crippen LogP contribution >= 0.6 is 11.8 Å². The highest BCUT2D eigenvalue weighted by molar-refractivity contribution is 7.99. The first-order chi connectivity index (χ1) is 8.46. The second-order valence-electron chi connectivity index (χ2n) is 6.17. The quantitative estimate of drug-likeness (QED) is 0.896. The third-order valence-corrected chi connectivity index (χ3v) is 4.99. The molecule has 0 amide bonds. The Morgan fingerprint density at radius 2 is 1.89 bits per heavy atom. The van der Waals surface area contributed by atoms with Crippen molar-refractivity contribution in [1.29, 1.82) is 0 Å². The molecule has 0 aromatic heterocycles. The molecular weight excluding hydrogens is 240 g/mol. The summed E-state index contributed by atoms with van der Waals surface area (Å²) in [4.78, 5) is 2.13. The van der Waals surface area contributed by atoms with Crippen molar-refractivity contribution >= 4 is 23.1 Å². The molecule has 1 N–H and O–H groups in total. The first kappa shape index (κ1) is 13.6. The van der Waals surface area contributed by atoms with Crippen molar-refractivity contribution in [3.63, 3.8) is 0 Å². The Labute approximate surface area is 115 Å². The van der Waals surface area contributed by atoms with E-state index in [-0.39, 0.29) is 0 Å². The predicted octanol–water partition coefficient (Wildman–Crippen LogP) is 3.70. The van der Waals surface area contributed by atoms with Crippen LogP contribution in [-0.2, 0) is 0 Å². The van der Waals surface area contributed by atoms with Crippen LogP contribution in [0.2, 0.25) is 0 Å². The number of thioether (sulfide) groups is 1. The normalized spacial score (nSPS) is 22.6. The first-order valence-electron chi connectivity index (χ1n) is 6.58. The van der Waals surface area contributed by atoms with Crippen LogP contribution in [0, 0.1) is 5.41 Å². The summed E-state index contributed by atoms with van der Waals surface area (Å²) in [5.41, 5.74) is 2.95. The van der Waals surface area contributed by atoms with E-state index in [0.717, 1.165) is 0 Å². The van der Waals surface area contributed by atoms with E-state index < -0.39 is 0 Å². The summed E-state index contributed by atoms with van der Waals surface area (Å²) in [6, 6.07) is 9.31. The lowest BCUT2D eigenvalue weighted by atomic mass is 9.88. The minimum Gasteiger partial charge on any atom is -0.381 e. The highest BCUT2D eigenvalue weighted by Crippen LogP contribution is 2.34. The van der Waals surface area contributed by atoms with Gasteiger partial charge in [-0.1, -0.05) is 13.8 Å². The topological polar surface area (TPSA) is 15.3 Å². The fourth-order valence-corrected chi connectivity index (χ4v) is 3.72. The molecular formula is C15H24N2S. The van der Waals surface area contributed by atoms with Gasteiger partial charge in [0, 0.05) is 37.3 Å². The van der Waals surface area contributed by atoms with Gasteiger partial charge in [-0.15, -0.1) is 0 Å². The fraction of sp³-hybridized carbons (Fsp3) is 0.600. The van der Waals surface area contributed by atoms with Crippen molar-refractivity contribution in [2.45, 2.75) is 26.3 Å². The maximum atomic E-state index is 3.66. The Morgan fingerprint density at radius 3 is 2.44 bits per heavy atom. The standard InChI is InChI=1S/C15H24N2S/c1-15(2)9-13(10-18-11-15)16-12-5-7-14(8-6-12)17(3)4/h5-8,13,16H,9-11H2,1-4H3. The van der Waals surface area contributed by atoms with Gasteiger partial charge in [-0.2, -0.15) is 11.8 Å². The monoisotopic (exact) mass is 264 g/mol. The predicted molar refractivity (Wildman–Crippen MR) is 83.9 cm³/mol. The van der Waals surface area contributed by atoms with Crippen LogP contribution in [-0.4, -0.2) is 31.6 Å². The Hall–Kier alpha value is -0.830. The summed E-state index contributed by atoms with van der Waals surface area (Å²) >= 11 is 2.07. The van der Waals surface area contributed by atoms with Gasteiger partial charge < -0.3 is 10.2 Å². The number of nitrogens with zero attached hydrogens (tertiary/aromatic N) is 1. The summed E-state index contributed by atoms with van der Waals surface area (Å²) in [6.45, 7) is 4.73. The zero-order valence-corrected chi connectivity index (χ0v) is 12.7. The second kappa shape index (κ2) is 5.43. The number of hydrogen-bond donors (Lipinski definition) is 1. The molecule has 0 saturated carbocycles. The van der Waals surface area contributed by atoms with E-state index in [0.29, 0.717) is 11.5 Å². The van der Waals surface area contributed by atoms with E-state index in [2.05, 4.69) is 74.2 Å². The van der Waals surface area contributed by atoms with Crippen LogP contribution in [0.4, 0.5) is 11.4 Å². The molecule has 1 unspecified atom stereocenters. The van der Waals surface area contributed by atoms with Gasteiger partial charge in [-0.3, -0.25) is 0 Å². The number of hydrogen-bond acceptors (Lipinski definition) is 3. The lowest BCUT2D eigenvalue weighted by molar-refractivity contribution is 0.358. The molecule has 1 aliphatic heterocycles. The van der Waals surface area contributed by atoms with Crippen LogP contribution in [0.25, 0.3) is 0 Å². The molecule has 1 aromatic rings. The fourth-order valence-electron chi connectivity index (χ4n) is 2.45. The van der Waals surface area contributed by atoms with Crippen LogP contribution in [0.15, 0.2) is 24.3 Å². The van der Waals surface area contributed by atoms with Gasteiger partial charge in [-0.25, -0.2) is 0 Å². The Morgan fingerprint density at radius 1 is 1.22 bits per heavy atom. The highest BCUT2D eigenvalue weighted by atomic mass is 32.2. The molecule has 2 rings (SSSR count). The molecule has 2 nitrogen and oxygen atoms in total. The van der Waals surface area contributed by atoms with Crippen LogP contribution < -0.4 is 10.2 Å². The SMILES string of the molecule is CN(C)c1ccc(NC2CSCC(C)(C)C2)cc1. The number of anilines is 2. The van der Waals surface area contributed by atoms with Gasteiger partial charge in [-0.05, 0) is 41.9 Å². The third kappa shape index (κ3) is 3.58. The lowest BCUT2D eigenvalue weighted by Crippen LogP contribution is -2.35. The number of nitrogens with one attached hydrogen (secondary N) is 1. The Balaban J connectivity index is 1.97. The number of benzene rings is 1. The van der Waals surface area contributed by atoms with E-state index in [1.807, 2.05) is 0 Å². The molecule has 18 heavy (non-hydrogen) atoms. The van der Waals surface area contributed by atoms with E-state index in [4.69, 9.17) is 0 Å². The molecule has 1 aromatic carbocycles. The van der Waals surface area contributed by atoms with E-state index >= 15 is 0 Å². The largest absolute Gasteiger partial charge is 0.381 e. The maximum Gasteiger partial charge on any atom is 0.0362 e. The third-order valence-electron chi connectivity index (χ3n) is 3.37. The minimum atomic E-state index is 0.462. The van der Waals surface area contributed by atoms with Crippen molar-refractivity contribution < 1.29 is 0 Å². The first-order valence-corrected chi connectivity index (χ1v) is 7.73. The van der Waals surface area contributed by atoms with Gasteiger partial charge >= 0.3 is 0 Å². The van der Waals surface area contributed by atoms with Gasteiger partial charge in [0.25, 0.3) is 0 Å². The molecule has 0 spiro atoms. The second-order valence-corrected chi connectivity index (χ2v) is 7.20. The smallest absolute Gasteiger partial charge is 0.0362 e. The molecule has 1 aliphatic rings. The Bertz CT molecular complexity index is 384. The molecule has 100 valence electrons. The molecule has 1 saturated heterocycles. The maximum absolute atomic E-state index is 3.66. The summed E-state index contributed by atoms with van der Waals surface area (Å²) in [6.07, 6.45) is 1.26. The van der Waals surface area contributed by atoms with Crippen molar-refractivity contribution in [2.75, 3.05) is 35.8 Å². The van der Waals surface area contributed by atoms with Crippen molar-refractivity contribution in [1.82, 2.24) is 0 Å². The molecule has 0 aliphatic carbocycles. The number of rotatable bonds is 3. The zero-order valence-electron chi connectivity index (χ0n) is 11.9. The molecule has 3 heteroatoms. The zero-order chi connectivity index (χ0) is 13.2. The summed E-state index contributed by atoms with van der Waals surface area (Å²) in [7, 11) is 4.14. The average Bonchev–Trinajstić information content (AvgIpc) is 2.28. The summed E-state index contributed by atoms with van der Waals surface area (Å²) in [5, 5.41) is 3.66. The van der Waals surface area contributed by atoms with E-state index in [9.17, 15) is 0 Å². The molecule has 1 atom stereocenters. The summed E-state index contributed by atoms with van der Waals surface area (Å²) < 4.78 is 0. The van der Waals surface area contributed by atoms with Crippen LogP contribution in [0.5, 0.6) is 0 Å². The van der Waals surface area contributed by atoms with Crippen LogP contribution in [0.3, 0.4) is 0 Å². The molecule has 1 fully saturated rings. The van der Waals surface area contributed by atoms with Crippen LogP contribution in [0.1, 0.15) is 20.3 Å². The van der Waals surface area contributed by atoms with Gasteiger partial charge in [0.15, 0.2) is 0 Å². The lowest BCUT2D eigenvalue weighted by Gasteiger charge is -2.35. The van der Waals surface area contributed by atoms with E-state index in [1.165, 1.54) is 29.3 Å². The summed E-state index contributed by atoms with van der Waals surface area (Å²) in [5.74, 6) is 2.50.